The van der Waals surface area contributed by atoms with Crippen LogP contribution in [0.1, 0.15) is 22.3 Å². The Balaban J connectivity index is 1.46. The molecule has 10 heteroatoms. The maximum atomic E-state index is 13.9. The third-order valence-corrected chi connectivity index (χ3v) is 7.65. The van der Waals surface area contributed by atoms with Crippen molar-refractivity contribution in [2.24, 2.45) is 0 Å². The Kier molecular flexibility index (Phi) is 8.51. The highest BCUT2D eigenvalue weighted by Crippen LogP contribution is 2.38. The highest BCUT2D eigenvalue weighted by Gasteiger charge is 2.36. The molecular weight excluding hydrogens is 627 g/mol. The number of thioether (sulfide) groups is 1. The number of nitrogens with one attached hydrogen (secondary N) is 1. The predicted octanol–water partition coefficient (Wildman–Crippen LogP) is 7.22. The first-order chi connectivity index (χ1) is 17.6. The monoisotopic (exact) mass is 646 g/mol. The molecule has 3 aromatic rings. The van der Waals surface area contributed by atoms with E-state index < -0.39 is 17.1 Å². The number of anilines is 1. The van der Waals surface area contributed by atoms with Gasteiger partial charge in [0.15, 0.2) is 0 Å². The van der Waals surface area contributed by atoms with Gasteiger partial charge in [0, 0.05) is 11.3 Å². The highest BCUT2D eigenvalue weighted by molar-refractivity contribution is 9.11. The molecule has 3 amide bonds. The molecule has 6 nitrogen and oxygen atoms in total. The fourth-order valence-electron chi connectivity index (χ4n) is 3.69. The Morgan fingerprint density at radius 3 is 2.35 bits per heavy atom. The van der Waals surface area contributed by atoms with E-state index in [1.165, 1.54) is 6.07 Å². The average molecular weight is 648 g/mol. The number of rotatable bonds is 7. The summed E-state index contributed by atoms with van der Waals surface area (Å²) in [5, 5.41) is 2.28. The summed E-state index contributed by atoms with van der Waals surface area (Å²) in [5.41, 5.74) is 3.49. The van der Waals surface area contributed by atoms with Crippen molar-refractivity contribution in [3.63, 3.8) is 0 Å². The molecule has 1 aliphatic rings. The lowest BCUT2D eigenvalue weighted by molar-refractivity contribution is -0.127. The first kappa shape index (κ1) is 27.1. The summed E-state index contributed by atoms with van der Waals surface area (Å²) in [4.78, 5) is 39.2. The van der Waals surface area contributed by atoms with Crippen LogP contribution in [0.25, 0.3) is 6.08 Å². The van der Waals surface area contributed by atoms with Crippen molar-refractivity contribution in [2.75, 3.05) is 11.9 Å². The molecule has 1 heterocycles. The maximum absolute atomic E-state index is 13.9. The Labute approximate surface area is 234 Å². The summed E-state index contributed by atoms with van der Waals surface area (Å²) >= 11 is 7.68. The van der Waals surface area contributed by atoms with Gasteiger partial charge in [0.05, 0.1) is 13.9 Å². The summed E-state index contributed by atoms with van der Waals surface area (Å²) in [6.07, 6.45) is 1.57. The van der Waals surface area contributed by atoms with E-state index in [0.717, 1.165) is 27.8 Å². The van der Waals surface area contributed by atoms with Gasteiger partial charge in [-0.25, -0.2) is 4.39 Å². The fourth-order valence-corrected chi connectivity index (χ4v) is 5.98. The molecule has 1 aliphatic heterocycles. The number of carbonyl (C=O) groups is 3. The molecule has 1 N–H and O–H groups in total. The van der Waals surface area contributed by atoms with E-state index >= 15 is 0 Å². The van der Waals surface area contributed by atoms with Gasteiger partial charge in [-0.1, -0.05) is 36.4 Å². The van der Waals surface area contributed by atoms with Crippen LogP contribution in [-0.4, -0.2) is 28.5 Å². The first-order valence-corrected chi connectivity index (χ1v) is 13.5. The van der Waals surface area contributed by atoms with Crippen molar-refractivity contribution in [3.8, 4) is 5.75 Å². The Morgan fingerprint density at radius 2 is 1.70 bits per heavy atom. The van der Waals surface area contributed by atoms with Gasteiger partial charge in [-0.05, 0) is 98.4 Å². The number of nitrogens with zero attached hydrogens (tertiary/aromatic N) is 1. The van der Waals surface area contributed by atoms with E-state index in [0.29, 0.717) is 31.5 Å². The molecule has 0 unspecified atom stereocenters. The molecule has 0 atom stereocenters. The number of carbonyl (C=O) groups excluding carboxylic acids is 3. The standard InChI is InChI=1S/C27H21Br2FN2O4S/c1-15-6-5-7-16(2)24(15)31-23(33)13-32-26(34)22(37-27(32)35)12-17-10-19(28)25(20(29)11-17)36-14-18-8-3-4-9-21(18)30/h3-12H,13-14H2,1-2H3,(H,31,33)/b22-12+. The number of amides is 3. The molecule has 4 rings (SSSR count). The fraction of sp³-hybridized carbons (Fsp3) is 0.148. The van der Waals surface area contributed by atoms with Crippen LogP contribution in [0.15, 0.2) is 68.4 Å². The van der Waals surface area contributed by atoms with Gasteiger partial charge in [0.1, 0.15) is 24.7 Å². The quantitative estimate of drug-likeness (QED) is 0.274. The Hall–Kier alpha value is -2.95. The first-order valence-electron chi connectivity index (χ1n) is 11.1. The van der Waals surface area contributed by atoms with Crippen molar-refractivity contribution in [1.82, 2.24) is 4.90 Å². The second-order valence-electron chi connectivity index (χ2n) is 8.28. The number of halogens is 3. The van der Waals surface area contributed by atoms with Crippen LogP contribution >= 0.6 is 43.6 Å². The molecule has 0 saturated carbocycles. The lowest BCUT2D eigenvalue weighted by atomic mass is 10.1. The van der Waals surface area contributed by atoms with Crippen LogP contribution in [0.2, 0.25) is 0 Å². The van der Waals surface area contributed by atoms with Gasteiger partial charge in [-0.3, -0.25) is 19.3 Å². The van der Waals surface area contributed by atoms with E-state index in [9.17, 15) is 18.8 Å². The van der Waals surface area contributed by atoms with Crippen LogP contribution in [0, 0.1) is 19.7 Å². The third-order valence-electron chi connectivity index (χ3n) is 5.57. The zero-order chi connectivity index (χ0) is 26.7. The van der Waals surface area contributed by atoms with E-state index in [-0.39, 0.29) is 23.9 Å². The van der Waals surface area contributed by atoms with Crippen LogP contribution in [-0.2, 0) is 16.2 Å². The third kappa shape index (κ3) is 6.31. The van der Waals surface area contributed by atoms with E-state index in [2.05, 4.69) is 37.2 Å². The summed E-state index contributed by atoms with van der Waals surface area (Å²) in [6.45, 7) is 3.40. The maximum Gasteiger partial charge on any atom is 0.294 e. The van der Waals surface area contributed by atoms with Gasteiger partial charge in [0.25, 0.3) is 11.1 Å². The minimum Gasteiger partial charge on any atom is -0.486 e. The SMILES string of the molecule is Cc1cccc(C)c1NC(=O)CN1C(=O)S/C(=C/c2cc(Br)c(OCc3ccccc3F)c(Br)c2)C1=O. The Morgan fingerprint density at radius 1 is 1.05 bits per heavy atom. The van der Waals surface area contributed by atoms with E-state index in [1.807, 2.05) is 32.0 Å². The average Bonchev–Trinajstić information content (AvgIpc) is 3.09. The van der Waals surface area contributed by atoms with Crippen molar-refractivity contribution in [3.05, 3.63) is 96.5 Å². The molecular formula is C27H21Br2FN2O4S. The van der Waals surface area contributed by atoms with Crippen LogP contribution in [0.5, 0.6) is 5.75 Å². The molecule has 190 valence electrons. The molecule has 0 spiro atoms. The zero-order valence-electron chi connectivity index (χ0n) is 19.8. The van der Waals surface area contributed by atoms with Crippen LogP contribution in [0.3, 0.4) is 0 Å². The van der Waals surface area contributed by atoms with Crippen molar-refractivity contribution >= 4 is 72.4 Å². The predicted molar refractivity (Wildman–Crippen MR) is 150 cm³/mol. The van der Waals surface area contributed by atoms with Gasteiger partial charge < -0.3 is 10.1 Å². The molecule has 37 heavy (non-hydrogen) atoms. The second-order valence-corrected chi connectivity index (χ2v) is 11.0. The molecule has 0 radical (unpaired) electrons. The number of para-hydroxylation sites is 1. The van der Waals surface area contributed by atoms with E-state index in [1.54, 1.807) is 36.4 Å². The molecule has 3 aromatic carbocycles. The molecule has 0 aromatic heterocycles. The smallest absolute Gasteiger partial charge is 0.294 e. The highest BCUT2D eigenvalue weighted by atomic mass is 79.9. The zero-order valence-corrected chi connectivity index (χ0v) is 23.8. The topological polar surface area (TPSA) is 75.7 Å². The largest absolute Gasteiger partial charge is 0.486 e. The number of hydrogen-bond acceptors (Lipinski definition) is 5. The second kappa shape index (κ2) is 11.6. The van der Waals surface area contributed by atoms with Crippen molar-refractivity contribution in [2.45, 2.75) is 20.5 Å². The van der Waals surface area contributed by atoms with Gasteiger partial charge >= 0.3 is 0 Å². The number of aryl methyl sites for hydroxylation is 2. The van der Waals surface area contributed by atoms with Crippen LogP contribution < -0.4 is 10.1 Å². The van der Waals surface area contributed by atoms with Gasteiger partial charge in [0.2, 0.25) is 5.91 Å². The van der Waals surface area contributed by atoms with Crippen molar-refractivity contribution < 1.29 is 23.5 Å². The van der Waals surface area contributed by atoms with Crippen molar-refractivity contribution in [1.29, 1.82) is 0 Å². The van der Waals surface area contributed by atoms with E-state index in [4.69, 9.17) is 4.74 Å². The number of ether oxygens (including phenoxy) is 1. The minimum absolute atomic E-state index is 0.0339. The number of benzene rings is 3. The van der Waals surface area contributed by atoms with Crippen LogP contribution in [0.4, 0.5) is 14.9 Å². The Bertz CT molecular complexity index is 1400. The number of hydrogen-bond donors (Lipinski definition) is 1. The summed E-state index contributed by atoms with van der Waals surface area (Å²) in [6, 6.07) is 15.4. The lowest BCUT2D eigenvalue weighted by Gasteiger charge is -2.15. The summed E-state index contributed by atoms with van der Waals surface area (Å²) < 4.78 is 20.9. The molecule has 1 fully saturated rings. The lowest BCUT2D eigenvalue weighted by Crippen LogP contribution is -2.36. The minimum atomic E-state index is -0.543. The number of imide groups is 1. The molecule has 0 bridgehead atoms. The van der Waals surface area contributed by atoms with Gasteiger partial charge in [-0.15, -0.1) is 0 Å². The normalized spacial score (nSPS) is 14.4. The molecule has 0 aliphatic carbocycles. The molecule has 1 saturated heterocycles. The summed E-state index contributed by atoms with van der Waals surface area (Å²) in [5.74, 6) is -0.886. The van der Waals surface area contributed by atoms with Gasteiger partial charge in [-0.2, -0.15) is 0 Å². The summed E-state index contributed by atoms with van der Waals surface area (Å²) in [7, 11) is 0.